The molecule has 0 aliphatic heterocycles. The average molecular weight is 324 g/mol. The molecule has 0 unspecified atom stereocenters. The first kappa shape index (κ1) is 16.3. The van der Waals surface area contributed by atoms with Gasteiger partial charge in [-0.05, 0) is 32.4 Å². The molecule has 24 heavy (non-hydrogen) atoms. The number of anilines is 1. The van der Waals surface area contributed by atoms with Gasteiger partial charge in [0.15, 0.2) is 0 Å². The van der Waals surface area contributed by atoms with E-state index in [1.165, 1.54) is 0 Å². The molecule has 1 N–H and O–H groups in total. The average Bonchev–Trinajstić information content (AvgIpc) is 2.93. The normalized spacial score (nSPS) is 11.0. The van der Waals surface area contributed by atoms with Crippen LogP contribution in [0, 0.1) is 13.8 Å². The van der Waals surface area contributed by atoms with E-state index in [1.54, 1.807) is 7.11 Å². The number of nitrogens with one attached hydrogen (secondary N) is 1. The number of aromatic nitrogens is 3. The fourth-order valence-corrected chi connectivity index (χ4v) is 3.07. The Balaban J connectivity index is 1.90. The quantitative estimate of drug-likeness (QED) is 0.742. The molecule has 5 heteroatoms. The molecule has 0 radical (unpaired) electrons. The lowest BCUT2D eigenvalue weighted by Crippen LogP contribution is -2.10. The molecule has 3 aromatic rings. The second-order valence-corrected chi connectivity index (χ2v) is 5.98. The minimum absolute atomic E-state index is 0.621. The van der Waals surface area contributed by atoms with Crippen molar-refractivity contribution in [2.75, 3.05) is 12.4 Å². The van der Waals surface area contributed by atoms with Crippen molar-refractivity contribution >= 4 is 17.0 Å². The summed E-state index contributed by atoms with van der Waals surface area (Å²) in [5.74, 6) is 1.79. The second-order valence-electron chi connectivity index (χ2n) is 5.98. The Morgan fingerprint density at radius 3 is 2.75 bits per heavy atom. The van der Waals surface area contributed by atoms with Crippen LogP contribution in [0.15, 0.2) is 30.5 Å². The van der Waals surface area contributed by atoms with Gasteiger partial charge in [-0.3, -0.25) is 4.98 Å². The highest BCUT2D eigenvalue weighted by atomic mass is 16.5. The van der Waals surface area contributed by atoms with Crippen LogP contribution in [-0.2, 0) is 13.1 Å². The van der Waals surface area contributed by atoms with E-state index in [9.17, 15) is 0 Å². The third-order valence-electron chi connectivity index (χ3n) is 4.27. The van der Waals surface area contributed by atoms with Crippen molar-refractivity contribution in [3.8, 4) is 5.75 Å². The Morgan fingerprint density at radius 2 is 2.00 bits per heavy atom. The van der Waals surface area contributed by atoms with E-state index in [0.29, 0.717) is 6.54 Å². The fraction of sp³-hybridized carbons (Fsp3) is 0.368. The lowest BCUT2D eigenvalue weighted by molar-refractivity contribution is 0.407. The number of hydrogen-bond acceptors (Lipinski definition) is 4. The number of aryl methyl sites for hydroxylation is 2. The van der Waals surface area contributed by atoms with E-state index in [2.05, 4.69) is 33.9 Å². The molecular formula is C19H24N4O. The maximum absolute atomic E-state index is 5.49. The van der Waals surface area contributed by atoms with Crippen molar-refractivity contribution < 1.29 is 4.74 Å². The van der Waals surface area contributed by atoms with Gasteiger partial charge in [-0.2, -0.15) is 0 Å². The molecule has 0 bridgehead atoms. The van der Waals surface area contributed by atoms with E-state index in [1.807, 2.05) is 32.2 Å². The highest BCUT2D eigenvalue weighted by Gasteiger charge is 2.12. The van der Waals surface area contributed by atoms with Gasteiger partial charge in [0.2, 0.25) is 5.95 Å². The third-order valence-corrected chi connectivity index (χ3v) is 4.27. The van der Waals surface area contributed by atoms with Gasteiger partial charge in [0, 0.05) is 23.9 Å². The number of ether oxygens (including phenoxy) is 1. The van der Waals surface area contributed by atoms with Crippen LogP contribution >= 0.6 is 0 Å². The molecule has 0 aliphatic carbocycles. The molecule has 0 aliphatic rings. The molecule has 2 heterocycles. The smallest absolute Gasteiger partial charge is 0.204 e. The Morgan fingerprint density at radius 1 is 1.21 bits per heavy atom. The van der Waals surface area contributed by atoms with Gasteiger partial charge in [-0.1, -0.05) is 19.1 Å². The summed E-state index contributed by atoms with van der Waals surface area (Å²) in [4.78, 5) is 9.28. The largest absolute Gasteiger partial charge is 0.496 e. The Hall–Kier alpha value is -2.56. The summed E-state index contributed by atoms with van der Waals surface area (Å²) in [5.41, 5.74) is 5.28. The van der Waals surface area contributed by atoms with Crippen molar-refractivity contribution in [1.29, 1.82) is 0 Å². The minimum atomic E-state index is 0.621. The summed E-state index contributed by atoms with van der Waals surface area (Å²) >= 11 is 0. The maximum atomic E-state index is 5.49. The Kier molecular flexibility index (Phi) is 4.69. The summed E-state index contributed by atoms with van der Waals surface area (Å²) < 4.78 is 7.72. The van der Waals surface area contributed by atoms with E-state index >= 15 is 0 Å². The molecule has 0 atom stereocenters. The molecule has 0 saturated heterocycles. The molecule has 5 nitrogen and oxygen atoms in total. The number of rotatable bonds is 6. The van der Waals surface area contributed by atoms with Gasteiger partial charge in [0.25, 0.3) is 0 Å². The van der Waals surface area contributed by atoms with Crippen molar-refractivity contribution in [2.24, 2.45) is 0 Å². The van der Waals surface area contributed by atoms with Gasteiger partial charge in [-0.25, -0.2) is 4.98 Å². The summed E-state index contributed by atoms with van der Waals surface area (Å²) in [6, 6.07) is 8.23. The lowest BCUT2D eigenvalue weighted by Gasteiger charge is -2.14. The van der Waals surface area contributed by atoms with Crippen LogP contribution in [0.1, 0.15) is 30.2 Å². The van der Waals surface area contributed by atoms with Crippen LogP contribution in [0.25, 0.3) is 11.0 Å². The van der Waals surface area contributed by atoms with Crippen LogP contribution in [0.2, 0.25) is 0 Å². The van der Waals surface area contributed by atoms with Crippen LogP contribution in [-0.4, -0.2) is 21.6 Å². The highest BCUT2D eigenvalue weighted by molar-refractivity contribution is 5.78. The zero-order valence-corrected chi connectivity index (χ0v) is 14.8. The number of hydrogen-bond donors (Lipinski definition) is 1. The first-order valence-corrected chi connectivity index (χ1v) is 8.34. The van der Waals surface area contributed by atoms with E-state index in [-0.39, 0.29) is 0 Å². The number of pyridine rings is 1. The molecule has 0 spiro atoms. The van der Waals surface area contributed by atoms with E-state index < -0.39 is 0 Å². The number of para-hydroxylation sites is 2. The van der Waals surface area contributed by atoms with Gasteiger partial charge in [-0.15, -0.1) is 0 Å². The van der Waals surface area contributed by atoms with Crippen molar-refractivity contribution in [1.82, 2.24) is 14.5 Å². The topological polar surface area (TPSA) is 52.0 Å². The minimum Gasteiger partial charge on any atom is -0.496 e. The molecule has 2 aromatic heterocycles. The molecule has 0 saturated carbocycles. The number of methoxy groups -OCH3 is 1. The monoisotopic (exact) mass is 324 g/mol. The van der Waals surface area contributed by atoms with Crippen LogP contribution in [0.3, 0.4) is 0 Å². The van der Waals surface area contributed by atoms with Gasteiger partial charge >= 0.3 is 0 Å². The Labute approximate surface area is 142 Å². The fourth-order valence-electron chi connectivity index (χ4n) is 3.07. The molecule has 0 fully saturated rings. The standard InChI is InChI=1S/C19H24N4O/c1-5-10-23-17-9-7-6-8-15(17)22-19(23)21-12-16-14(3)18(24-4)13(2)11-20-16/h6-9,11H,5,10,12H2,1-4H3,(H,21,22). The molecule has 0 amide bonds. The zero-order chi connectivity index (χ0) is 17.1. The van der Waals surface area contributed by atoms with E-state index in [4.69, 9.17) is 9.72 Å². The molecule has 126 valence electrons. The first-order valence-electron chi connectivity index (χ1n) is 8.34. The van der Waals surface area contributed by atoms with Gasteiger partial charge in [0.1, 0.15) is 5.75 Å². The summed E-state index contributed by atoms with van der Waals surface area (Å²) in [6.07, 6.45) is 2.92. The Bertz CT molecular complexity index is 854. The predicted molar refractivity (Wildman–Crippen MR) is 97.6 cm³/mol. The molecule has 3 rings (SSSR count). The maximum Gasteiger partial charge on any atom is 0.204 e. The number of imidazole rings is 1. The van der Waals surface area contributed by atoms with Crippen LogP contribution < -0.4 is 10.1 Å². The van der Waals surface area contributed by atoms with Crippen molar-refractivity contribution in [3.63, 3.8) is 0 Å². The third kappa shape index (κ3) is 2.94. The van der Waals surface area contributed by atoms with E-state index in [0.717, 1.165) is 52.5 Å². The number of benzene rings is 1. The molecule has 1 aromatic carbocycles. The lowest BCUT2D eigenvalue weighted by atomic mass is 10.1. The highest BCUT2D eigenvalue weighted by Crippen LogP contribution is 2.25. The summed E-state index contributed by atoms with van der Waals surface area (Å²) in [6.45, 7) is 7.79. The number of fused-ring (bicyclic) bond motifs is 1. The second kappa shape index (κ2) is 6.91. The van der Waals surface area contributed by atoms with Crippen LogP contribution in [0.5, 0.6) is 5.75 Å². The first-order chi connectivity index (χ1) is 11.7. The van der Waals surface area contributed by atoms with Gasteiger partial charge in [0.05, 0.1) is 30.4 Å². The molecular weight excluding hydrogens is 300 g/mol. The summed E-state index contributed by atoms with van der Waals surface area (Å²) in [5, 5.41) is 3.45. The van der Waals surface area contributed by atoms with Gasteiger partial charge < -0.3 is 14.6 Å². The van der Waals surface area contributed by atoms with Crippen molar-refractivity contribution in [2.45, 2.75) is 40.3 Å². The summed E-state index contributed by atoms with van der Waals surface area (Å²) in [7, 11) is 1.70. The predicted octanol–water partition coefficient (Wildman–Crippen LogP) is 4.08. The van der Waals surface area contributed by atoms with Crippen LogP contribution in [0.4, 0.5) is 5.95 Å². The zero-order valence-electron chi connectivity index (χ0n) is 14.8. The van der Waals surface area contributed by atoms with Crippen molar-refractivity contribution in [3.05, 3.63) is 47.3 Å². The number of nitrogens with zero attached hydrogens (tertiary/aromatic N) is 3. The SMILES string of the molecule is CCCn1c(NCc2ncc(C)c(OC)c2C)nc2ccccc21.